The van der Waals surface area contributed by atoms with E-state index in [9.17, 15) is 9.00 Å². The molecule has 8 nitrogen and oxygen atoms in total. The lowest BCUT2D eigenvalue weighted by Crippen LogP contribution is -2.18. The Morgan fingerprint density at radius 3 is 2.39 bits per heavy atom. The van der Waals surface area contributed by atoms with E-state index in [-0.39, 0.29) is 11.7 Å². The third-order valence-corrected chi connectivity index (χ3v) is 6.11. The SMILES string of the molecule is CNC(=O)c1cccc(S(=O)Nc2nc3ccccc3nc2Nc2cc(OC)ccc2Cl)c1. The average molecular weight is 482 g/mol. The van der Waals surface area contributed by atoms with Gasteiger partial charge in [-0.25, -0.2) is 14.2 Å². The summed E-state index contributed by atoms with van der Waals surface area (Å²) < 4.78 is 21.3. The van der Waals surface area contributed by atoms with Crippen LogP contribution in [0.15, 0.2) is 71.6 Å². The maximum Gasteiger partial charge on any atom is 0.251 e. The second kappa shape index (κ2) is 9.85. The maximum atomic E-state index is 13.1. The lowest BCUT2D eigenvalue weighted by molar-refractivity contribution is 0.0963. The van der Waals surface area contributed by atoms with Crippen LogP contribution in [-0.4, -0.2) is 34.2 Å². The minimum Gasteiger partial charge on any atom is -0.497 e. The summed E-state index contributed by atoms with van der Waals surface area (Å²) in [7, 11) is 1.38. The van der Waals surface area contributed by atoms with Crippen molar-refractivity contribution >= 4 is 56.9 Å². The van der Waals surface area contributed by atoms with Gasteiger partial charge in [-0.05, 0) is 42.5 Å². The quantitative estimate of drug-likeness (QED) is 0.358. The number of carbonyl (C=O) groups excluding carboxylic acids is 1. The van der Waals surface area contributed by atoms with Crippen molar-refractivity contribution in [2.45, 2.75) is 4.90 Å². The van der Waals surface area contributed by atoms with Crippen molar-refractivity contribution in [1.29, 1.82) is 0 Å². The van der Waals surface area contributed by atoms with Crippen molar-refractivity contribution in [2.24, 2.45) is 0 Å². The molecule has 1 amide bonds. The van der Waals surface area contributed by atoms with Crippen molar-refractivity contribution in [2.75, 3.05) is 24.2 Å². The standard InChI is InChI=1S/C23H20ClN5O3S/c1-25-23(30)14-6-5-7-16(12-14)33(31)29-22-21(26-18-8-3-4-9-19(18)27-22)28-20-13-15(32-2)10-11-17(20)24/h3-13H,1-2H3,(H,25,30)(H,26,28)(H,27,29). The third kappa shape index (κ3) is 5.05. The Bertz CT molecular complexity index is 1370. The van der Waals surface area contributed by atoms with Gasteiger partial charge in [-0.2, -0.15) is 0 Å². The largest absolute Gasteiger partial charge is 0.497 e. The van der Waals surface area contributed by atoms with Crippen LogP contribution in [0.3, 0.4) is 0 Å². The van der Waals surface area contributed by atoms with Gasteiger partial charge in [0.05, 0.1) is 33.7 Å². The number of anilines is 3. The summed E-state index contributed by atoms with van der Waals surface area (Å²) in [6, 6.07) is 19.0. The molecule has 0 bridgehead atoms. The van der Waals surface area contributed by atoms with Gasteiger partial charge in [0.25, 0.3) is 5.91 Å². The highest BCUT2D eigenvalue weighted by Crippen LogP contribution is 2.32. The number of hydrogen-bond acceptors (Lipinski definition) is 6. The number of nitrogens with zero attached hydrogens (tertiary/aromatic N) is 2. The van der Waals surface area contributed by atoms with E-state index in [1.165, 1.54) is 7.05 Å². The summed E-state index contributed by atoms with van der Waals surface area (Å²) in [4.78, 5) is 21.6. The number of rotatable bonds is 7. The average Bonchev–Trinajstić information content (AvgIpc) is 2.85. The fourth-order valence-electron chi connectivity index (χ4n) is 3.06. The fourth-order valence-corrected chi connectivity index (χ4v) is 4.09. The Balaban J connectivity index is 1.72. The normalized spacial score (nSPS) is 11.6. The predicted octanol–water partition coefficient (Wildman–Crippen LogP) is 4.53. The number of fused-ring (bicyclic) bond motifs is 1. The molecule has 0 aliphatic rings. The van der Waals surface area contributed by atoms with Crippen LogP contribution in [0.1, 0.15) is 10.4 Å². The molecule has 0 saturated carbocycles. The number of amides is 1. The monoisotopic (exact) mass is 481 g/mol. The number of nitrogens with one attached hydrogen (secondary N) is 3. The molecule has 0 spiro atoms. The van der Waals surface area contributed by atoms with Crippen molar-refractivity contribution < 1.29 is 13.7 Å². The molecular formula is C23H20ClN5O3S. The zero-order chi connectivity index (χ0) is 23.4. The van der Waals surface area contributed by atoms with Gasteiger partial charge in [0, 0.05) is 18.7 Å². The number of aromatic nitrogens is 2. The highest BCUT2D eigenvalue weighted by Gasteiger charge is 2.15. The van der Waals surface area contributed by atoms with Gasteiger partial charge in [-0.15, -0.1) is 0 Å². The number of benzene rings is 3. The van der Waals surface area contributed by atoms with Crippen LogP contribution in [0.4, 0.5) is 17.3 Å². The van der Waals surface area contributed by atoms with E-state index in [1.54, 1.807) is 49.6 Å². The molecule has 168 valence electrons. The van der Waals surface area contributed by atoms with Gasteiger partial charge in [-0.1, -0.05) is 29.8 Å². The molecular weight excluding hydrogens is 462 g/mol. The molecule has 1 aromatic heterocycles. The molecule has 33 heavy (non-hydrogen) atoms. The summed E-state index contributed by atoms with van der Waals surface area (Å²) in [5, 5.41) is 6.17. The smallest absolute Gasteiger partial charge is 0.251 e. The van der Waals surface area contributed by atoms with E-state index in [1.807, 2.05) is 24.3 Å². The molecule has 10 heteroatoms. The van der Waals surface area contributed by atoms with Gasteiger partial charge in [0.1, 0.15) is 5.75 Å². The molecule has 4 aromatic rings. The van der Waals surface area contributed by atoms with E-state index >= 15 is 0 Å². The van der Waals surface area contributed by atoms with Gasteiger partial charge >= 0.3 is 0 Å². The molecule has 0 aliphatic carbocycles. The lowest BCUT2D eigenvalue weighted by Gasteiger charge is -2.15. The van der Waals surface area contributed by atoms with E-state index in [2.05, 4.69) is 25.3 Å². The number of methoxy groups -OCH3 is 1. The number of hydrogen-bond donors (Lipinski definition) is 3. The van der Waals surface area contributed by atoms with Crippen LogP contribution in [0.25, 0.3) is 11.0 Å². The fraction of sp³-hybridized carbons (Fsp3) is 0.0870. The second-order valence-electron chi connectivity index (χ2n) is 6.86. The summed E-state index contributed by atoms with van der Waals surface area (Å²) in [5.74, 6) is 0.935. The van der Waals surface area contributed by atoms with Gasteiger partial charge < -0.3 is 15.4 Å². The van der Waals surface area contributed by atoms with Crippen LogP contribution < -0.4 is 20.1 Å². The van der Waals surface area contributed by atoms with Crippen LogP contribution >= 0.6 is 11.6 Å². The van der Waals surface area contributed by atoms with Gasteiger partial charge in [0.15, 0.2) is 22.6 Å². The number of halogens is 1. The second-order valence-corrected chi connectivity index (χ2v) is 8.48. The maximum absolute atomic E-state index is 13.1. The number of ether oxygens (including phenoxy) is 1. The van der Waals surface area contributed by atoms with E-state index < -0.39 is 11.0 Å². The molecule has 0 radical (unpaired) electrons. The van der Waals surface area contributed by atoms with Crippen LogP contribution in [-0.2, 0) is 11.0 Å². The topological polar surface area (TPSA) is 105 Å². The van der Waals surface area contributed by atoms with Crippen molar-refractivity contribution in [3.63, 3.8) is 0 Å². The van der Waals surface area contributed by atoms with E-state index in [0.717, 1.165) is 0 Å². The number of para-hydroxylation sites is 2. The van der Waals surface area contributed by atoms with Crippen LogP contribution in [0, 0.1) is 0 Å². The minimum atomic E-state index is -1.72. The molecule has 0 fully saturated rings. The first-order chi connectivity index (χ1) is 16.0. The first kappa shape index (κ1) is 22.5. The first-order valence-electron chi connectivity index (χ1n) is 9.86. The van der Waals surface area contributed by atoms with Gasteiger partial charge in [0.2, 0.25) is 0 Å². The Morgan fingerprint density at radius 2 is 1.70 bits per heavy atom. The highest BCUT2D eigenvalue weighted by molar-refractivity contribution is 7.86. The lowest BCUT2D eigenvalue weighted by atomic mass is 10.2. The molecule has 1 heterocycles. The minimum absolute atomic E-state index is 0.260. The molecule has 0 saturated heterocycles. The Labute approximate surface area is 197 Å². The van der Waals surface area contributed by atoms with Crippen molar-refractivity contribution in [3.8, 4) is 5.75 Å². The summed E-state index contributed by atoms with van der Waals surface area (Å²) >= 11 is 6.35. The summed E-state index contributed by atoms with van der Waals surface area (Å²) in [6.07, 6.45) is 0. The summed E-state index contributed by atoms with van der Waals surface area (Å²) in [6.45, 7) is 0. The third-order valence-electron chi connectivity index (χ3n) is 4.72. The molecule has 1 unspecified atom stereocenters. The van der Waals surface area contributed by atoms with E-state index in [0.29, 0.717) is 43.8 Å². The van der Waals surface area contributed by atoms with E-state index in [4.69, 9.17) is 16.3 Å². The zero-order valence-electron chi connectivity index (χ0n) is 17.8. The first-order valence-corrected chi connectivity index (χ1v) is 11.4. The Morgan fingerprint density at radius 1 is 0.970 bits per heavy atom. The Hall–Kier alpha value is -3.69. The summed E-state index contributed by atoms with van der Waals surface area (Å²) in [5.41, 5.74) is 2.22. The van der Waals surface area contributed by atoms with Crippen molar-refractivity contribution in [1.82, 2.24) is 15.3 Å². The van der Waals surface area contributed by atoms with Crippen LogP contribution in [0.2, 0.25) is 5.02 Å². The van der Waals surface area contributed by atoms with Crippen molar-refractivity contribution in [3.05, 3.63) is 77.3 Å². The molecule has 1 atom stereocenters. The highest BCUT2D eigenvalue weighted by atomic mass is 35.5. The Kier molecular flexibility index (Phi) is 6.71. The van der Waals surface area contributed by atoms with Crippen LogP contribution in [0.5, 0.6) is 5.75 Å². The molecule has 0 aliphatic heterocycles. The number of carbonyl (C=O) groups is 1. The molecule has 3 N–H and O–H groups in total. The molecule has 3 aromatic carbocycles. The predicted molar refractivity (Wildman–Crippen MR) is 131 cm³/mol. The van der Waals surface area contributed by atoms with Gasteiger partial charge in [-0.3, -0.25) is 9.52 Å². The molecule has 4 rings (SSSR count). The zero-order valence-corrected chi connectivity index (χ0v) is 19.3.